The number of carbonyl (C=O) groups excluding carboxylic acids is 3. The number of amides is 1. The van der Waals surface area contributed by atoms with Gasteiger partial charge in [-0.3, -0.25) is 14.4 Å². The first-order chi connectivity index (χ1) is 15.4. The fourth-order valence-electron chi connectivity index (χ4n) is 4.43. The van der Waals surface area contributed by atoms with Crippen molar-refractivity contribution in [1.29, 1.82) is 0 Å². The number of piperidine rings is 1. The fraction of sp³-hybridized carbons (Fsp3) is 0.400. The van der Waals surface area contributed by atoms with Crippen molar-refractivity contribution in [2.24, 2.45) is 0 Å². The van der Waals surface area contributed by atoms with Crippen molar-refractivity contribution in [2.45, 2.75) is 37.7 Å². The monoisotopic (exact) mass is 437 g/mol. The molecule has 0 N–H and O–H groups in total. The molecule has 0 saturated carbocycles. The van der Waals surface area contributed by atoms with Gasteiger partial charge in [-0.2, -0.15) is 0 Å². The molecule has 0 aliphatic carbocycles. The van der Waals surface area contributed by atoms with Crippen LogP contribution >= 0.6 is 0 Å². The summed E-state index contributed by atoms with van der Waals surface area (Å²) in [6.07, 6.45) is 1.72. The standard InChI is InChI=1S/C25H27NO6/c1-30-17-7-8-19-21(28)16-25(32-23(19)15-17)11-13-26(14-12-25)24(29)10-9-20(27)18-5-3-4-6-22(18)31-2/h3-8,15H,9-14,16H2,1-2H3. The normalized spacial score (nSPS) is 16.8. The number of fused-ring (bicyclic) bond motifs is 1. The number of nitrogens with zero attached hydrogens (tertiary/aromatic N) is 1. The highest BCUT2D eigenvalue weighted by Gasteiger charge is 2.43. The molecule has 1 amide bonds. The number of likely N-dealkylation sites (tertiary alicyclic amines) is 1. The van der Waals surface area contributed by atoms with Gasteiger partial charge in [0.2, 0.25) is 5.91 Å². The second-order valence-corrected chi connectivity index (χ2v) is 8.25. The number of ketones is 2. The third-order valence-corrected chi connectivity index (χ3v) is 6.30. The van der Waals surface area contributed by atoms with Crippen LogP contribution in [0.2, 0.25) is 0 Å². The van der Waals surface area contributed by atoms with Gasteiger partial charge in [0, 0.05) is 44.8 Å². The lowest BCUT2D eigenvalue weighted by molar-refractivity contribution is -0.134. The van der Waals surface area contributed by atoms with Crippen LogP contribution in [-0.2, 0) is 4.79 Å². The summed E-state index contributed by atoms with van der Waals surface area (Å²) in [6, 6.07) is 12.3. The maximum absolute atomic E-state index is 12.7. The van der Waals surface area contributed by atoms with E-state index in [1.807, 2.05) is 0 Å². The molecule has 0 unspecified atom stereocenters. The number of rotatable bonds is 6. The lowest BCUT2D eigenvalue weighted by Crippen LogP contribution is -2.52. The molecule has 2 heterocycles. The molecule has 168 valence electrons. The number of ether oxygens (including phenoxy) is 3. The molecule has 0 atom stereocenters. The van der Waals surface area contributed by atoms with Crippen LogP contribution in [0.15, 0.2) is 42.5 Å². The molecule has 7 nitrogen and oxygen atoms in total. The Balaban J connectivity index is 1.35. The van der Waals surface area contributed by atoms with E-state index in [4.69, 9.17) is 14.2 Å². The zero-order valence-electron chi connectivity index (χ0n) is 18.4. The summed E-state index contributed by atoms with van der Waals surface area (Å²) in [5, 5.41) is 0. The molecule has 2 aliphatic rings. The Kier molecular flexibility index (Phi) is 6.17. The highest BCUT2D eigenvalue weighted by molar-refractivity contribution is 6.01. The van der Waals surface area contributed by atoms with E-state index in [1.54, 1.807) is 54.5 Å². The number of hydrogen-bond acceptors (Lipinski definition) is 6. The minimum atomic E-state index is -0.597. The molecule has 2 aliphatic heterocycles. The van der Waals surface area contributed by atoms with E-state index < -0.39 is 5.60 Å². The van der Waals surface area contributed by atoms with Gasteiger partial charge in [0.15, 0.2) is 11.6 Å². The molecular weight excluding hydrogens is 410 g/mol. The zero-order valence-corrected chi connectivity index (χ0v) is 18.4. The van der Waals surface area contributed by atoms with E-state index in [-0.39, 0.29) is 30.3 Å². The quantitative estimate of drug-likeness (QED) is 0.641. The summed E-state index contributed by atoms with van der Waals surface area (Å²) in [4.78, 5) is 39.7. The van der Waals surface area contributed by atoms with E-state index in [0.29, 0.717) is 60.7 Å². The van der Waals surface area contributed by atoms with Gasteiger partial charge in [-0.15, -0.1) is 0 Å². The number of para-hydroxylation sites is 1. The van der Waals surface area contributed by atoms with Crippen molar-refractivity contribution >= 4 is 17.5 Å². The number of benzene rings is 2. The molecule has 4 rings (SSSR count). The smallest absolute Gasteiger partial charge is 0.223 e. The van der Waals surface area contributed by atoms with E-state index in [2.05, 4.69) is 0 Å². The Labute approximate surface area is 187 Å². The predicted octanol–water partition coefficient (Wildman–Crippen LogP) is 3.69. The van der Waals surface area contributed by atoms with Crippen LogP contribution in [0.5, 0.6) is 17.2 Å². The van der Waals surface area contributed by atoms with Crippen LogP contribution in [0, 0.1) is 0 Å². The summed E-state index contributed by atoms with van der Waals surface area (Å²) in [6.45, 7) is 0.989. The van der Waals surface area contributed by atoms with Crippen molar-refractivity contribution in [2.75, 3.05) is 27.3 Å². The van der Waals surface area contributed by atoms with Gasteiger partial charge in [-0.1, -0.05) is 12.1 Å². The average molecular weight is 437 g/mol. The molecular formula is C25H27NO6. The first kappa shape index (κ1) is 21.9. The van der Waals surface area contributed by atoms with E-state index in [0.717, 1.165) is 0 Å². The van der Waals surface area contributed by atoms with Crippen LogP contribution in [0.1, 0.15) is 52.8 Å². The predicted molar refractivity (Wildman–Crippen MR) is 118 cm³/mol. The van der Waals surface area contributed by atoms with Gasteiger partial charge >= 0.3 is 0 Å². The van der Waals surface area contributed by atoms with Gasteiger partial charge in [0.05, 0.1) is 31.8 Å². The van der Waals surface area contributed by atoms with Crippen LogP contribution in [0.25, 0.3) is 0 Å². The van der Waals surface area contributed by atoms with E-state index >= 15 is 0 Å². The van der Waals surface area contributed by atoms with Crippen molar-refractivity contribution in [3.63, 3.8) is 0 Å². The van der Waals surface area contributed by atoms with Gasteiger partial charge < -0.3 is 19.1 Å². The Bertz CT molecular complexity index is 1040. The molecule has 2 aromatic carbocycles. The molecule has 1 saturated heterocycles. The number of carbonyl (C=O) groups is 3. The first-order valence-electron chi connectivity index (χ1n) is 10.8. The van der Waals surface area contributed by atoms with E-state index in [1.165, 1.54) is 7.11 Å². The molecule has 1 fully saturated rings. The molecule has 0 radical (unpaired) electrons. The Morgan fingerprint density at radius 3 is 2.50 bits per heavy atom. The Morgan fingerprint density at radius 1 is 1.03 bits per heavy atom. The summed E-state index contributed by atoms with van der Waals surface area (Å²) >= 11 is 0. The van der Waals surface area contributed by atoms with E-state index in [9.17, 15) is 14.4 Å². The molecule has 1 spiro atoms. The van der Waals surface area contributed by atoms with Crippen LogP contribution in [0.4, 0.5) is 0 Å². The van der Waals surface area contributed by atoms with Crippen molar-refractivity contribution < 1.29 is 28.6 Å². The maximum Gasteiger partial charge on any atom is 0.223 e. The molecule has 7 heteroatoms. The minimum Gasteiger partial charge on any atom is -0.497 e. The Morgan fingerprint density at radius 2 is 1.78 bits per heavy atom. The van der Waals surface area contributed by atoms with Gasteiger partial charge in [-0.05, 0) is 24.3 Å². The lowest BCUT2D eigenvalue weighted by Gasteiger charge is -2.44. The average Bonchev–Trinajstić information content (AvgIpc) is 2.82. The molecule has 32 heavy (non-hydrogen) atoms. The number of Topliss-reactive ketones (excluding diaryl/α,β-unsaturated/α-hetero) is 2. The van der Waals surface area contributed by atoms with Crippen molar-refractivity contribution in [3.8, 4) is 17.2 Å². The number of methoxy groups -OCH3 is 2. The molecule has 0 bridgehead atoms. The summed E-state index contributed by atoms with van der Waals surface area (Å²) in [5.41, 5.74) is 0.467. The largest absolute Gasteiger partial charge is 0.497 e. The van der Waals surface area contributed by atoms with Crippen molar-refractivity contribution in [3.05, 3.63) is 53.6 Å². The maximum atomic E-state index is 12.7. The third-order valence-electron chi connectivity index (χ3n) is 6.30. The highest BCUT2D eigenvalue weighted by atomic mass is 16.5. The summed E-state index contributed by atoms with van der Waals surface area (Å²) in [7, 11) is 3.10. The van der Waals surface area contributed by atoms with Crippen LogP contribution in [-0.4, -0.2) is 55.3 Å². The van der Waals surface area contributed by atoms with Gasteiger partial charge in [-0.25, -0.2) is 0 Å². The zero-order chi connectivity index (χ0) is 22.7. The lowest BCUT2D eigenvalue weighted by atomic mass is 9.82. The van der Waals surface area contributed by atoms with Gasteiger partial charge in [0.1, 0.15) is 22.8 Å². The minimum absolute atomic E-state index is 0.0519. The van der Waals surface area contributed by atoms with Crippen LogP contribution in [0.3, 0.4) is 0 Å². The molecule has 0 aromatic heterocycles. The number of hydrogen-bond donors (Lipinski definition) is 0. The van der Waals surface area contributed by atoms with Crippen LogP contribution < -0.4 is 14.2 Å². The first-order valence-corrected chi connectivity index (χ1v) is 10.8. The molecule has 2 aromatic rings. The van der Waals surface area contributed by atoms with Gasteiger partial charge in [0.25, 0.3) is 0 Å². The second kappa shape index (κ2) is 9.02. The summed E-state index contributed by atoms with van der Waals surface area (Å²) < 4.78 is 16.8. The summed E-state index contributed by atoms with van der Waals surface area (Å²) in [5.74, 6) is 1.57. The van der Waals surface area contributed by atoms with Crippen molar-refractivity contribution in [1.82, 2.24) is 4.90 Å². The highest BCUT2D eigenvalue weighted by Crippen LogP contribution is 2.40. The second-order valence-electron chi connectivity index (χ2n) is 8.25. The topological polar surface area (TPSA) is 82.1 Å². The third kappa shape index (κ3) is 4.33. The fourth-order valence-corrected chi connectivity index (χ4v) is 4.43. The SMILES string of the molecule is COc1ccc2c(c1)OC1(CCN(C(=O)CCC(=O)c3ccccc3OC)CC1)CC2=O. The Hall–Kier alpha value is -3.35.